The molecule has 0 radical (unpaired) electrons. The van der Waals surface area contributed by atoms with Crippen molar-refractivity contribution in [2.24, 2.45) is 0 Å². The maximum atomic E-state index is 12.7. The molecule has 7 rings (SSSR count). The number of benzene rings is 6. The Hall–Kier alpha value is -5.66. The molecule has 0 amide bonds. The van der Waals surface area contributed by atoms with Crippen molar-refractivity contribution in [2.75, 3.05) is 11.5 Å². The van der Waals surface area contributed by atoms with Gasteiger partial charge in [-0.2, -0.15) is 16.8 Å². The first-order valence-electron chi connectivity index (χ1n) is 16.6. The number of nitrogens with two attached hydrogens (primary N) is 2. The molecule has 10 nitrogen and oxygen atoms in total. The molecule has 6 N–H and O–H groups in total. The second-order valence-corrected chi connectivity index (χ2v) is 16.1. The van der Waals surface area contributed by atoms with E-state index in [2.05, 4.69) is 0 Å². The Labute approximate surface area is 308 Å². The molecule has 0 bridgehead atoms. The molecule has 12 heteroatoms. The molecule has 0 atom stereocenters. The first kappa shape index (κ1) is 35.7. The van der Waals surface area contributed by atoms with Gasteiger partial charge in [-0.05, 0) is 174 Å². The summed E-state index contributed by atoms with van der Waals surface area (Å²) in [4.78, 5) is -0.995. The Morgan fingerprint density at radius 2 is 0.811 bits per heavy atom. The molecule has 270 valence electrons. The summed E-state index contributed by atoms with van der Waals surface area (Å²) in [5, 5.41) is 0. The molecule has 0 saturated heterocycles. The SMILES string of the molecule is Cc1cc(-c2ccc(Oc3cc4c(cc3S(=O)(=O)O)-c3cc(S(=O)(=O)O)c(Oc5ccc(-c6ccc(N)c(C)c6)cc5C)cc3C4)c(C)c2)ccc1N. The highest BCUT2D eigenvalue weighted by Crippen LogP contribution is 2.46. The summed E-state index contributed by atoms with van der Waals surface area (Å²) >= 11 is 0. The number of nitrogen functional groups attached to an aromatic ring is 2. The average molecular weight is 749 g/mol. The zero-order valence-electron chi connectivity index (χ0n) is 29.3. The zero-order valence-corrected chi connectivity index (χ0v) is 30.9. The summed E-state index contributed by atoms with van der Waals surface area (Å²) in [6, 6.07) is 27.9. The average Bonchev–Trinajstić information content (AvgIpc) is 3.43. The summed E-state index contributed by atoms with van der Waals surface area (Å²) in [5.41, 5.74) is 22.3. The Bertz CT molecular complexity index is 2540. The molecule has 1 aliphatic rings. The fraction of sp³-hybridized carbons (Fsp3) is 0.122. The molecule has 0 heterocycles. The lowest BCUT2D eigenvalue weighted by atomic mass is 10.0. The molecular formula is C41H36N2O8S2. The second-order valence-electron chi connectivity index (χ2n) is 13.3. The highest BCUT2D eigenvalue weighted by atomic mass is 32.2. The van der Waals surface area contributed by atoms with E-state index in [-0.39, 0.29) is 17.9 Å². The Balaban J connectivity index is 1.23. The van der Waals surface area contributed by atoms with Crippen LogP contribution in [0.4, 0.5) is 11.4 Å². The van der Waals surface area contributed by atoms with Crippen LogP contribution in [0.5, 0.6) is 23.0 Å². The van der Waals surface area contributed by atoms with Crippen molar-refractivity contribution in [3.8, 4) is 56.4 Å². The highest BCUT2D eigenvalue weighted by molar-refractivity contribution is 7.86. The number of anilines is 2. The van der Waals surface area contributed by atoms with E-state index in [1.165, 1.54) is 24.3 Å². The lowest BCUT2D eigenvalue weighted by Gasteiger charge is -2.16. The number of aryl methyl sites for hydroxylation is 4. The van der Waals surface area contributed by atoms with E-state index in [4.69, 9.17) is 20.9 Å². The van der Waals surface area contributed by atoms with Crippen LogP contribution < -0.4 is 20.9 Å². The lowest BCUT2D eigenvalue weighted by Crippen LogP contribution is -2.04. The summed E-state index contributed by atoms with van der Waals surface area (Å²) in [6.07, 6.45) is 0.262. The van der Waals surface area contributed by atoms with Crippen molar-refractivity contribution >= 4 is 31.6 Å². The van der Waals surface area contributed by atoms with Gasteiger partial charge in [-0.3, -0.25) is 9.11 Å². The summed E-state index contributed by atoms with van der Waals surface area (Å²) in [6.45, 7) is 7.50. The summed E-state index contributed by atoms with van der Waals surface area (Å²) < 4.78 is 83.7. The number of ether oxygens (including phenoxy) is 2. The highest BCUT2D eigenvalue weighted by Gasteiger charge is 2.30. The van der Waals surface area contributed by atoms with Crippen LogP contribution in [0.1, 0.15) is 33.4 Å². The van der Waals surface area contributed by atoms with Gasteiger partial charge < -0.3 is 20.9 Å². The minimum Gasteiger partial charge on any atom is -0.456 e. The van der Waals surface area contributed by atoms with Crippen LogP contribution in [0.3, 0.4) is 0 Å². The van der Waals surface area contributed by atoms with Gasteiger partial charge >= 0.3 is 0 Å². The quantitative estimate of drug-likeness (QED) is 0.0865. The third kappa shape index (κ3) is 6.97. The standard InChI is InChI=1S/C41H36N2O8S2/c1-22-13-26(5-9-34(22)42)28-7-11-36(24(3)15-28)50-38-18-30-17-31-19-39(41(53(47,48)49)21-33(31)32(30)20-40(38)52(44,45)46)51-37-12-8-29(16-25(37)4)27-6-10-35(43)23(2)14-27/h5-16,18-21H,17,42-43H2,1-4H3,(H,44,45,46)(H,47,48,49). The summed E-state index contributed by atoms with van der Waals surface area (Å²) in [7, 11) is -9.61. The minimum absolute atomic E-state index is 0.100. The van der Waals surface area contributed by atoms with Crippen molar-refractivity contribution < 1.29 is 35.4 Å². The van der Waals surface area contributed by atoms with Crippen molar-refractivity contribution in [1.82, 2.24) is 0 Å². The van der Waals surface area contributed by atoms with Crippen LogP contribution in [0.15, 0.2) is 107 Å². The van der Waals surface area contributed by atoms with Crippen LogP contribution in [0.2, 0.25) is 0 Å². The van der Waals surface area contributed by atoms with E-state index in [0.717, 1.165) is 33.4 Å². The molecule has 53 heavy (non-hydrogen) atoms. The van der Waals surface area contributed by atoms with Gasteiger partial charge in [0.05, 0.1) is 0 Å². The second kappa shape index (κ2) is 13.1. The molecule has 6 aromatic carbocycles. The Morgan fingerprint density at radius 1 is 0.472 bits per heavy atom. The number of fused-ring (bicyclic) bond motifs is 3. The predicted octanol–water partition coefficient (Wildman–Crippen LogP) is 9.07. The Kier molecular flexibility index (Phi) is 8.82. The van der Waals surface area contributed by atoms with Gasteiger partial charge in [0.1, 0.15) is 32.8 Å². The van der Waals surface area contributed by atoms with Gasteiger partial charge in [0, 0.05) is 11.4 Å². The minimum atomic E-state index is -4.81. The van der Waals surface area contributed by atoms with E-state index in [0.29, 0.717) is 56.3 Å². The maximum absolute atomic E-state index is 12.7. The first-order valence-corrected chi connectivity index (χ1v) is 19.4. The third-order valence-electron chi connectivity index (χ3n) is 9.56. The topological polar surface area (TPSA) is 179 Å². The molecule has 0 fully saturated rings. The molecule has 0 aromatic heterocycles. The third-order valence-corrected chi connectivity index (χ3v) is 11.3. The van der Waals surface area contributed by atoms with E-state index in [9.17, 15) is 25.9 Å². The van der Waals surface area contributed by atoms with Gasteiger partial charge in [-0.15, -0.1) is 0 Å². The van der Waals surface area contributed by atoms with Gasteiger partial charge in [-0.25, -0.2) is 0 Å². The van der Waals surface area contributed by atoms with E-state index < -0.39 is 30.0 Å². The molecule has 0 spiro atoms. The van der Waals surface area contributed by atoms with Crippen molar-refractivity contribution in [3.05, 3.63) is 130 Å². The predicted molar refractivity (Wildman–Crippen MR) is 206 cm³/mol. The van der Waals surface area contributed by atoms with Crippen LogP contribution in [0.25, 0.3) is 33.4 Å². The zero-order chi connectivity index (χ0) is 38.0. The largest absolute Gasteiger partial charge is 0.456 e. The van der Waals surface area contributed by atoms with E-state index in [1.807, 2.05) is 88.4 Å². The number of rotatable bonds is 8. The van der Waals surface area contributed by atoms with Crippen molar-refractivity contribution in [3.63, 3.8) is 0 Å². The normalized spacial score (nSPS) is 12.3. The first-order chi connectivity index (χ1) is 25.0. The molecule has 0 aliphatic heterocycles. The summed E-state index contributed by atoms with van der Waals surface area (Å²) in [5.74, 6) is 0.547. The fourth-order valence-electron chi connectivity index (χ4n) is 6.60. The van der Waals surface area contributed by atoms with E-state index in [1.54, 1.807) is 12.1 Å². The van der Waals surface area contributed by atoms with Crippen LogP contribution in [-0.4, -0.2) is 25.9 Å². The maximum Gasteiger partial charge on any atom is 0.298 e. The molecule has 0 unspecified atom stereocenters. The van der Waals surface area contributed by atoms with E-state index >= 15 is 0 Å². The Morgan fingerprint density at radius 3 is 1.13 bits per heavy atom. The van der Waals surface area contributed by atoms with Gasteiger partial charge in [0.15, 0.2) is 0 Å². The molecule has 0 saturated carbocycles. The molecule has 6 aromatic rings. The number of hydrogen-bond acceptors (Lipinski definition) is 8. The van der Waals surface area contributed by atoms with Crippen molar-refractivity contribution in [2.45, 2.75) is 43.9 Å². The number of hydrogen-bond donors (Lipinski definition) is 4. The van der Waals surface area contributed by atoms with Gasteiger partial charge in [-0.1, -0.05) is 24.3 Å². The van der Waals surface area contributed by atoms with Crippen molar-refractivity contribution in [1.29, 1.82) is 0 Å². The van der Waals surface area contributed by atoms with Gasteiger partial charge in [0.25, 0.3) is 20.2 Å². The monoisotopic (exact) mass is 748 g/mol. The van der Waals surface area contributed by atoms with Crippen LogP contribution >= 0.6 is 0 Å². The van der Waals surface area contributed by atoms with Crippen LogP contribution in [0, 0.1) is 27.7 Å². The van der Waals surface area contributed by atoms with Gasteiger partial charge in [0.2, 0.25) is 0 Å². The fourth-order valence-corrected chi connectivity index (χ4v) is 7.84. The smallest absolute Gasteiger partial charge is 0.298 e. The molecule has 1 aliphatic carbocycles. The van der Waals surface area contributed by atoms with Crippen LogP contribution in [-0.2, 0) is 26.7 Å². The molecular weight excluding hydrogens is 713 g/mol. The lowest BCUT2D eigenvalue weighted by molar-refractivity contribution is 0.446.